The van der Waals surface area contributed by atoms with Crippen LogP contribution in [0.2, 0.25) is 0 Å². The number of nitrogens with zero attached hydrogens (tertiary/aromatic N) is 3. The van der Waals surface area contributed by atoms with Crippen LogP contribution in [-0.2, 0) is 4.79 Å². The Labute approximate surface area is 162 Å². The number of phenolic OH excluding ortho intramolecular Hbond substituents is 1. The number of nitrogens with one attached hydrogen (secondary N) is 2. The maximum atomic E-state index is 13.2. The fourth-order valence-electron chi connectivity index (χ4n) is 3.62. The van der Waals surface area contributed by atoms with E-state index in [1.807, 2.05) is 37.3 Å². The van der Waals surface area contributed by atoms with E-state index in [1.165, 1.54) is 13.4 Å². The van der Waals surface area contributed by atoms with Crippen molar-refractivity contribution in [3.63, 3.8) is 0 Å². The first-order valence-electron chi connectivity index (χ1n) is 8.97. The summed E-state index contributed by atoms with van der Waals surface area (Å²) >= 11 is 0. The average Bonchev–Trinajstić information content (AvgIpc) is 3.16. The Kier molecular flexibility index (Phi) is 4.60. The molecule has 144 valence electrons. The van der Waals surface area contributed by atoms with E-state index in [0.717, 1.165) is 11.3 Å². The van der Waals surface area contributed by atoms with Gasteiger partial charge in [-0.1, -0.05) is 24.3 Å². The summed E-state index contributed by atoms with van der Waals surface area (Å²) in [6.45, 7) is 1.94. The molecule has 8 heteroatoms. The van der Waals surface area contributed by atoms with Crippen LogP contribution in [0, 0.1) is 5.92 Å². The van der Waals surface area contributed by atoms with Crippen LogP contribution in [0.15, 0.2) is 54.9 Å². The molecule has 3 atom stereocenters. The van der Waals surface area contributed by atoms with Crippen molar-refractivity contribution < 1.29 is 14.6 Å². The van der Waals surface area contributed by atoms with Gasteiger partial charge in [-0.2, -0.15) is 10.1 Å². The molecular formula is C20H21N5O3. The highest BCUT2D eigenvalue weighted by atomic mass is 16.5. The molecule has 0 fully saturated rings. The lowest BCUT2D eigenvalue weighted by molar-refractivity contribution is -0.121. The number of amides is 1. The Morgan fingerprint density at radius 1 is 1.25 bits per heavy atom. The zero-order valence-electron chi connectivity index (χ0n) is 15.5. The van der Waals surface area contributed by atoms with Crippen LogP contribution in [0.1, 0.15) is 18.5 Å². The summed E-state index contributed by atoms with van der Waals surface area (Å²) in [5.74, 6) is 0.367. The zero-order chi connectivity index (χ0) is 19.7. The van der Waals surface area contributed by atoms with Crippen LogP contribution in [-0.4, -0.2) is 38.9 Å². The van der Waals surface area contributed by atoms with Crippen molar-refractivity contribution in [2.45, 2.75) is 19.0 Å². The molecule has 1 amide bonds. The number of carbonyl (C=O) groups is 1. The van der Waals surface area contributed by atoms with E-state index in [9.17, 15) is 9.90 Å². The largest absolute Gasteiger partial charge is 0.504 e. The lowest BCUT2D eigenvalue weighted by Crippen LogP contribution is -2.46. The minimum absolute atomic E-state index is 0.0392. The Morgan fingerprint density at radius 2 is 2.04 bits per heavy atom. The van der Waals surface area contributed by atoms with Gasteiger partial charge in [0, 0.05) is 11.7 Å². The number of carbonyl (C=O) groups excluding carboxylic acids is 1. The molecule has 0 aliphatic carbocycles. The number of hydrogen-bond donors (Lipinski definition) is 3. The number of aromatic nitrogens is 3. The lowest BCUT2D eigenvalue weighted by atomic mass is 9.85. The smallest absolute Gasteiger partial charge is 0.232 e. The first-order valence-corrected chi connectivity index (χ1v) is 8.97. The van der Waals surface area contributed by atoms with Gasteiger partial charge in [-0.3, -0.25) is 4.79 Å². The van der Waals surface area contributed by atoms with Crippen molar-refractivity contribution in [2.75, 3.05) is 17.7 Å². The third-order valence-electron chi connectivity index (χ3n) is 4.96. The third-order valence-corrected chi connectivity index (χ3v) is 4.96. The number of para-hydroxylation sites is 1. The molecule has 2 heterocycles. The molecule has 8 nitrogen and oxygen atoms in total. The molecule has 4 rings (SSSR count). The number of benzene rings is 2. The molecule has 0 saturated carbocycles. The molecule has 0 saturated heterocycles. The Balaban J connectivity index is 1.76. The Bertz CT molecular complexity index is 989. The minimum Gasteiger partial charge on any atom is -0.504 e. The second kappa shape index (κ2) is 7.22. The summed E-state index contributed by atoms with van der Waals surface area (Å²) in [5.41, 5.74) is 1.52. The molecule has 0 radical (unpaired) electrons. The van der Waals surface area contributed by atoms with Gasteiger partial charge in [-0.15, -0.1) is 0 Å². The number of ether oxygens (including phenoxy) is 1. The Hall–Kier alpha value is -3.55. The number of hydrogen-bond acceptors (Lipinski definition) is 6. The van der Waals surface area contributed by atoms with Gasteiger partial charge in [0.1, 0.15) is 6.33 Å². The van der Waals surface area contributed by atoms with Crippen molar-refractivity contribution >= 4 is 17.5 Å². The van der Waals surface area contributed by atoms with Gasteiger partial charge in [-0.25, -0.2) is 4.68 Å². The third kappa shape index (κ3) is 3.13. The molecule has 0 unspecified atom stereocenters. The first-order chi connectivity index (χ1) is 13.6. The highest BCUT2D eigenvalue weighted by Gasteiger charge is 2.41. The number of methoxy groups -OCH3 is 1. The second-order valence-electron chi connectivity index (χ2n) is 6.72. The van der Waals surface area contributed by atoms with Crippen LogP contribution in [0.5, 0.6) is 11.5 Å². The molecule has 3 N–H and O–H groups in total. The average molecular weight is 379 g/mol. The van der Waals surface area contributed by atoms with E-state index < -0.39 is 12.0 Å². The SMILES string of the molecule is COc1cc([C@H]2[C@@H](C(=O)Nc3ccccc3)[C@H](C)Nc3ncnn32)ccc1O. The summed E-state index contributed by atoms with van der Waals surface area (Å²) in [4.78, 5) is 17.5. The number of phenols is 1. The topological polar surface area (TPSA) is 101 Å². The van der Waals surface area contributed by atoms with Gasteiger partial charge in [0.05, 0.1) is 19.1 Å². The fraction of sp³-hybridized carbons (Fsp3) is 0.250. The quantitative estimate of drug-likeness (QED) is 0.644. The molecule has 0 spiro atoms. The highest BCUT2D eigenvalue weighted by Crippen LogP contribution is 2.39. The van der Waals surface area contributed by atoms with E-state index in [2.05, 4.69) is 20.7 Å². The summed E-state index contributed by atoms with van der Waals surface area (Å²) in [5, 5.41) is 20.5. The predicted octanol–water partition coefficient (Wildman–Crippen LogP) is 2.65. The molecule has 1 aliphatic heterocycles. The molecule has 1 aliphatic rings. The highest BCUT2D eigenvalue weighted by molar-refractivity contribution is 5.94. The van der Waals surface area contributed by atoms with Crippen LogP contribution < -0.4 is 15.4 Å². The number of fused-ring (bicyclic) bond motifs is 1. The molecule has 2 aromatic carbocycles. The molecular weight excluding hydrogens is 358 g/mol. The zero-order valence-corrected chi connectivity index (χ0v) is 15.5. The molecule has 3 aromatic rings. The van der Waals surface area contributed by atoms with Crippen molar-refractivity contribution in [2.24, 2.45) is 5.92 Å². The fourth-order valence-corrected chi connectivity index (χ4v) is 3.62. The van der Waals surface area contributed by atoms with Crippen molar-refractivity contribution in [1.82, 2.24) is 14.8 Å². The monoisotopic (exact) mass is 379 g/mol. The van der Waals surface area contributed by atoms with Gasteiger partial charge in [0.2, 0.25) is 11.9 Å². The predicted molar refractivity (Wildman–Crippen MR) is 104 cm³/mol. The van der Waals surface area contributed by atoms with E-state index in [-0.39, 0.29) is 17.7 Å². The van der Waals surface area contributed by atoms with E-state index in [0.29, 0.717) is 11.7 Å². The van der Waals surface area contributed by atoms with Gasteiger partial charge in [0.15, 0.2) is 11.5 Å². The van der Waals surface area contributed by atoms with Crippen molar-refractivity contribution in [3.8, 4) is 11.5 Å². The van der Waals surface area contributed by atoms with Crippen LogP contribution >= 0.6 is 0 Å². The standard InChI is InChI=1S/C20H21N5O3/c1-12-17(19(27)24-14-6-4-3-5-7-14)18(25-20(23-12)21-11-22-25)13-8-9-15(26)16(10-13)28-2/h3-12,17-18,26H,1-2H3,(H,24,27)(H,21,22,23)/t12-,17-,18-/m0/s1. The number of aromatic hydroxyl groups is 1. The molecule has 0 bridgehead atoms. The maximum absolute atomic E-state index is 13.2. The number of anilines is 2. The Morgan fingerprint density at radius 3 is 2.79 bits per heavy atom. The van der Waals surface area contributed by atoms with Gasteiger partial charge in [0.25, 0.3) is 0 Å². The second-order valence-corrected chi connectivity index (χ2v) is 6.72. The van der Waals surface area contributed by atoms with Crippen molar-refractivity contribution in [1.29, 1.82) is 0 Å². The van der Waals surface area contributed by atoms with Crippen LogP contribution in [0.4, 0.5) is 11.6 Å². The van der Waals surface area contributed by atoms with Crippen LogP contribution in [0.25, 0.3) is 0 Å². The van der Waals surface area contributed by atoms with Crippen molar-refractivity contribution in [3.05, 3.63) is 60.4 Å². The van der Waals surface area contributed by atoms with Gasteiger partial charge in [-0.05, 0) is 36.8 Å². The summed E-state index contributed by atoms with van der Waals surface area (Å²) in [6, 6.07) is 13.8. The van der Waals surface area contributed by atoms with E-state index in [4.69, 9.17) is 4.74 Å². The van der Waals surface area contributed by atoms with Crippen LogP contribution in [0.3, 0.4) is 0 Å². The van der Waals surface area contributed by atoms with Gasteiger partial charge >= 0.3 is 0 Å². The normalized spacial score (nSPS) is 20.7. The summed E-state index contributed by atoms with van der Waals surface area (Å²) < 4.78 is 6.95. The summed E-state index contributed by atoms with van der Waals surface area (Å²) in [6.07, 6.45) is 1.46. The first kappa shape index (κ1) is 17.8. The summed E-state index contributed by atoms with van der Waals surface area (Å²) in [7, 11) is 1.49. The van der Waals surface area contributed by atoms with E-state index >= 15 is 0 Å². The van der Waals surface area contributed by atoms with Gasteiger partial charge < -0.3 is 20.5 Å². The minimum atomic E-state index is -0.469. The maximum Gasteiger partial charge on any atom is 0.232 e. The lowest BCUT2D eigenvalue weighted by Gasteiger charge is -2.37. The molecule has 1 aromatic heterocycles. The number of rotatable bonds is 4. The molecule has 28 heavy (non-hydrogen) atoms. The van der Waals surface area contributed by atoms with E-state index in [1.54, 1.807) is 22.9 Å².